The van der Waals surface area contributed by atoms with Gasteiger partial charge in [-0.2, -0.15) is 0 Å². The van der Waals surface area contributed by atoms with E-state index in [0.29, 0.717) is 6.10 Å². The smallest absolute Gasteiger partial charge is 0.0826 e. The summed E-state index contributed by atoms with van der Waals surface area (Å²) in [6.45, 7) is 4.59. The normalized spacial score (nSPS) is 21.6. The van der Waals surface area contributed by atoms with E-state index >= 15 is 0 Å². The van der Waals surface area contributed by atoms with Crippen LogP contribution in [0.1, 0.15) is 5.56 Å². The Kier molecular flexibility index (Phi) is 4.80. The first-order valence-electron chi connectivity index (χ1n) is 5.99. The molecule has 3 nitrogen and oxygen atoms in total. The van der Waals surface area contributed by atoms with E-state index in [1.807, 2.05) is 18.2 Å². The van der Waals surface area contributed by atoms with Gasteiger partial charge in [-0.05, 0) is 24.7 Å². The van der Waals surface area contributed by atoms with Crippen LogP contribution in [0.15, 0.2) is 24.3 Å². The van der Waals surface area contributed by atoms with Gasteiger partial charge in [-0.15, -0.1) is 0 Å². The van der Waals surface area contributed by atoms with Gasteiger partial charge in [0.25, 0.3) is 0 Å². The maximum absolute atomic E-state index is 5.93. The molecule has 1 heterocycles. The van der Waals surface area contributed by atoms with Crippen molar-refractivity contribution in [2.45, 2.75) is 12.6 Å². The number of rotatable bonds is 4. The maximum Gasteiger partial charge on any atom is 0.0826 e. The number of hydrogen-bond acceptors (Lipinski definition) is 3. The summed E-state index contributed by atoms with van der Waals surface area (Å²) < 4.78 is 5.68. The number of nitrogens with zero attached hydrogens (tertiary/aromatic N) is 1. The van der Waals surface area contributed by atoms with Crippen LogP contribution in [0.25, 0.3) is 0 Å². The number of ether oxygens (including phenoxy) is 1. The van der Waals surface area contributed by atoms with E-state index in [1.165, 1.54) is 5.56 Å². The lowest BCUT2D eigenvalue weighted by atomic mass is 10.2. The summed E-state index contributed by atoms with van der Waals surface area (Å²) in [6.07, 6.45) is 0.299. The molecule has 0 radical (unpaired) electrons. The first kappa shape index (κ1) is 12.8. The maximum atomic E-state index is 5.93. The Labute approximate surface area is 108 Å². The molecule has 0 aliphatic carbocycles. The van der Waals surface area contributed by atoms with Crippen molar-refractivity contribution in [1.82, 2.24) is 10.2 Å². The first-order valence-corrected chi connectivity index (χ1v) is 6.37. The third kappa shape index (κ3) is 4.28. The summed E-state index contributed by atoms with van der Waals surface area (Å²) in [6, 6.07) is 7.93. The fourth-order valence-electron chi connectivity index (χ4n) is 2.01. The number of nitrogens with one attached hydrogen (secondary N) is 1. The number of morpholine rings is 1. The van der Waals surface area contributed by atoms with Crippen LogP contribution in [-0.2, 0) is 11.3 Å². The second-order valence-electron chi connectivity index (χ2n) is 4.52. The summed E-state index contributed by atoms with van der Waals surface area (Å²) in [5, 5.41) is 4.20. The molecule has 0 spiro atoms. The summed E-state index contributed by atoms with van der Waals surface area (Å²) in [5.74, 6) is 0. The van der Waals surface area contributed by atoms with E-state index in [4.69, 9.17) is 16.3 Å². The van der Waals surface area contributed by atoms with E-state index < -0.39 is 0 Å². The molecule has 0 unspecified atom stereocenters. The Balaban J connectivity index is 1.72. The minimum Gasteiger partial charge on any atom is -0.374 e. The number of halogens is 1. The van der Waals surface area contributed by atoms with Gasteiger partial charge < -0.3 is 15.0 Å². The van der Waals surface area contributed by atoms with Crippen LogP contribution in [0.2, 0.25) is 5.02 Å². The molecule has 1 aliphatic rings. The zero-order chi connectivity index (χ0) is 12.1. The Morgan fingerprint density at radius 2 is 2.41 bits per heavy atom. The highest BCUT2D eigenvalue weighted by atomic mass is 35.5. The molecule has 1 aromatic rings. The van der Waals surface area contributed by atoms with Crippen LogP contribution in [0.5, 0.6) is 0 Å². The summed E-state index contributed by atoms with van der Waals surface area (Å²) in [5.41, 5.74) is 1.21. The van der Waals surface area contributed by atoms with Crippen molar-refractivity contribution >= 4 is 11.6 Å². The number of benzene rings is 1. The van der Waals surface area contributed by atoms with Gasteiger partial charge in [0, 0.05) is 31.2 Å². The molecule has 1 saturated heterocycles. The van der Waals surface area contributed by atoms with Crippen LogP contribution in [-0.4, -0.2) is 44.3 Å². The van der Waals surface area contributed by atoms with Gasteiger partial charge in [-0.3, -0.25) is 0 Å². The molecular weight excluding hydrogens is 236 g/mol. The van der Waals surface area contributed by atoms with Crippen molar-refractivity contribution in [3.05, 3.63) is 34.9 Å². The van der Waals surface area contributed by atoms with Gasteiger partial charge in [0.1, 0.15) is 0 Å². The minimum atomic E-state index is 0.299. The van der Waals surface area contributed by atoms with Crippen LogP contribution >= 0.6 is 11.6 Å². The fraction of sp³-hybridized carbons (Fsp3) is 0.538. The molecule has 1 N–H and O–H groups in total. The SMILES string of the molecule is CN1CCO[C@H](CNCc2cccc(Cl)c2)C1. The largest absolute Gasteiger partial charge is 0.374 e. The molecule has 0 bridgehead atoms. The molecule has 0 saturated carbocycles. The standard InChI is InChI=1S/C13H19ClN2O/c1-16-5-6-17-13(10-16)9-15-8-11-3-2-4-12(14)7-11/h2-4,7,13,15H,5-6,8-10H2,1H3/t13-/m1/s1. The minimum absolute atomic E-state index is 0.299. The third-order valence-corrected chi connectivity index (χ3v) is 3.17. The van der Waals surface area contributed by atoms with Crippen molar-refractivity contribution < 1.29 is 4.74 Å². The highest BCUT2D eigenvalue weighted by Crippen LogP contribution is 2.10. The van der Waals surface area contributed by atoms with E-state index in [1.54, 1.807) is 0 Å². The van der Waals surface area contributed by atoms with Crippen LogP contribution < -0.4 is 5.32 Å². The molecule has 0 aromatic heterocycles. The van der Waals surface area contributed by atoms with Crippen molar-refractivity contribution in [1.29, 1.82) is 0 Å². The van der Waals surface area contributed by atoms with Crippen molar-refractivity contribution in [2.24, 2.45) is 0 Å². The van der Waals surface area contributed by atoms with Crippen molar-refractivity contribution in [3.8, 4) is 0 Å². The summed E-state index contributed by atoms with van der Waals surface area (Å²) in [7, 11) is 2.13. The van der Waals surface area contributed by atoms with E-state index in [9.17, 15) is 0 Å². The van der Waals surface area contributed by atoms with Crippen LogP contribution in [0.4, 0.5) is 0 Å². The van der Waals surface area contributed by atoms with Crippen LogP contribution in [0.3, 0.4) is 0 Å². The molecule has 4 heteroatoms. The Morgan fingerprint density at radius 1 is 1.53 bits per heavy atom. The fourth-order valence-corrected chi connectivity index (χ4v) is 2.23. The summed E-state index contributed by atoms with van der Waals surface area (Å²) in [4.78, 5) is 2.30. The third-order valence-electron chi connectivity index (χ3n) is 2.93. The predicted molar refractivity (Wildman–Crippen MR) is 70.4 cm³/mol. The molecule has 0 amide bonds. The number of likely N-dealkylation sites (N-methyl/N-ethyl adjacent to an activating group) is 1. The molecule has 1 atom stereocenters. The Morgan fingerprint density at radius 3 is 3.18 bits per heavy atom. The van der Waals surface area contributed by atoms with Crippen molar-refractivity contribution in [3.63, 3.8) is 0 Å². The first-order chi connectivity index (χ1) is 8.24. The molecular formula is C13H19ClN2O. The van der Waals surface area contributed by atoms with E-state index in [0.717, 1.165) is 37.8 Å². The van der Waals surface area contributed by atoms with Gasteiger partial charge in [0.2, 0.25) is 0 Å². The lowest BCUT2D eigenvalue weighted by molar-refractivity contribution is -0.0182. The predicted octanol–water partition coefficient (Wildman–Crippen LogP) is 1.76. The highest BCUT2D eigenvalue weighted by molar-refractivity contribution is 6.30. The quantitative estimate of drug-likeness (QED) is 0.886. The topological polar surface area (TPSA) is 24.5 Å². The summed E-state index contributed by atoms with van der Waals surface area (Å²) >= 11 is 5.93. The molecule has 1 aliphatic heterocycles. The lowest BCUT2D eigenvalue weighted by Crippen LogP contribution is -2.44. The average molecular weight is 255 g/mol. The average Bonchev–Trinajstić information content (AvgIpc) is 2.29. The second-order valence-corrected chi connectivity index (χ2v) is 4.95. The van der Waals surface area contributed by atoms with Crippen molar-refractivity contribution in [2.75, 3.05) is 33.3 Å². The van der Waals surface area contributed by atoms with Gasteiger partial charge in [0.05, 0.1) is 12.7 Å². The van der Waals surface area contributed by atoms with Gasteiger partial charge in [0.15, 0.2) is 0 Å². The molecule has 94 valence electrons. The number of hydrogen-bond donors (Lipinski definition) is 1. The van der Waals surface area contributed by atoms with E-state index in [-0.39, 0.29) is 0 Å². The molecule has 17 heavy (non-hydrogen) atoms. The second kappa shape index (κ2) is 6.36. The zero-order valence-corrected chi connectivity index (χ0v) is 10.9. The monoisotopic (exact) mass is 254 g/mol. The zero-order valence-electron chi connectivity index (χ0n) is 10.2. The molecule has 1 fully saturated rings. The molecule has 2 rings (SSSR count). The highest BCUT2D eigenvalue weighted by Gasteiger charge is 2.16. The Bertz CT molecular complexity index is 359. The van der Waals surface area contributed by atoms with Gasteiger partial charge >= 0.3 is 0 Å². The van der Waals surface area contributed by atoms with Crippen LogP contribution in [0, 0.1) is 0 Å². The molecule has 1 aromatic carbocycles. The Hall–Kier alpha value is -0.610. The van der Waals surface area contributed by atoms with E-state index in [2.05, 4.69) is 23.3 Å². The van der Waals surface area contributed by atoms with Gasteiger partial charge in [-0.1, -0.05) is 23.7 Å². The van der Waals surface area contributed by atoms with Gasteiger partial charge in [-0.25, -0.2) is 0 Å². The lowest BCUT2D eigenvalue weighted by Gasteiger charge is -2.30.